The molecule has 0 unspecified atom stereocenters. The van der Waals surface area contributed by atoms with Gasteiger partial charge in [0.05, 0.1) is 0 Å². The number of halogens is 2. The second-order valence-corrected chi connectivity index (χ2v) is 9.37. The summed E-state index contributed by atoms with van der Waals surface area (Å²) in [5.41, 5.74) is 0.826. The SMILES string of the molecule is CC(C)NC(=O)[C@@H](C)N(Cc1ccccc1Cl)C(=O)CCCSc1ccc(Cl)cc1. The van der Waals surface area contributed by atoms with Gasteiger partial charge in [0, 0.05) is 33.9 Å². The van der Waals surface area contributed by atoms with Crippen molar-refractivity contribution in [3.05, 3.63) is 64.1 Å². The molecule has 30 heavy (non-hydrogen) atoms. The van der Waals surface area contributed by atoms with E-state index in [1.807, 2.05) is 56.3 Å². The molecule has 4 nitrogen and oxygen atoms in total. The van der Waals surface area contributed by atoms with Crippen LogP contribution >= 0.6 is 35.0 Å². The van der Waals surface area contributed by atoms with E-state index in [1.54, 1.807) is 29.7 Å². The average Bonchev–Trinajstić information content (AvgIpc) is 2.70. The Labute approximate surface area is 193 Å². The molecule has 0 aromatic heterocycles. The van der Waals surface area contributed by atoms with Crippen LogP contribution < -0.4 is 5.32 Å². The lowest BCUT2D eigenvalue weighted by Crippen LogP contribution is -2.49. The lowest BCUT2D eigenvalue weighted by atomic mass is 10.1. The quantitative estimate of drug-likeness (QED) is 0.355. The summed E-state index contributed by atoms with van der Waals surface area (Å²) < 4.78 is 0. The van der Waals surface area contributed by atoms with Crippen LogP contribution in [0.5, 0.6) is 0 Å². The Balaban J connectivity index is 2.00. The molecule has 0 aliphatic carbocycles. The van der Waals surface area contributed by atoms with Gasteiger partial charge in [-0.15, -0.1) is 11.8 Å². The second kappa shape index (κ2) is 12.2. The van der Waals surface area contributed by atoms with Gasteiger partial charge in [0.15, 0.2) is 0 Å². The average molecular weight is 467 g/mol. The van der Waals surface area contributed by atoms with Crippen molar-refractivity contribution in [3.63, 3.8) is 0 Å². The summed E-state index contributed by atoms with van der Waals surface area (Å²) >= 11 is 13.9. The molecule has 0 bridgehead atoms. The molecular formula is C23H28Cl2N2O2S. The van der Waals surface area contributed by atoms with Crippen molar-refractivity contribution < 1.29 is 9.59 Å². The predicted molar refractivity (Wildman–Crippen MR) is 126 cm³/mol. The van der Waals surface area contributed by atoms with Crippen molar-refractivity contribution in [2.75, 3.05) is 5.75 Å². The van der Waals surface area contributed by atoms with Crippen LogP contribution in [0.1, 0.15) is 39.2 Å². The third-order valence-electron chi connectivity index (χ3n) is 4.51. The number of hydrogen-bond acceptors (Lipinski definition) is 3. The van der Waals surface area contributed by atoms with E-state index < -0.39 is 6.04 Å². The molecule has 0 aliphatic rings. The number of thioether (sulfide) groups is 1. The number of amides is 2. The molecule has 0 saturated carbocycles. The van der Waals surface area contributed by atoms with Crippen molar-refractivity contribution in [1.82, 2.24) is 10.2 Å². The van der Waals surface area contributed by atoms with E-state index in [0.717, 1.165) is 16.2 Å². The Morgan fingerprint density at radius 3 is 2.33 bits per heavy atom. The Hall–Kier alpha value is -1.69. The van der Waals surface area contributed by atoms with E-state index >= 15 is 0 Å². The minimum absolute atomic E-state index is 0.00740. The van der Waals surface area contributed by atoms with Crippen LogP contribution in [0.3, 0.4) is 0 Å². The standard InChI is InChI=1S/C23H28Cl2N2O2S/c1-16(2)26-23(29)17(3)27(15-18-7-4-5-8-21(18)25)22(28)9-6-14-30-20-12-10-19(24)11-13-20/h4-5,7-8,10-13,16-17H,6,9,14-15H2,1-3H3,(H,26,29)/t17-/m1/s1. The normalized spacial score (nSPS) is 11.9. The molecule has 162 valence electrons. The highest BCUT2D eigenvalue weighted by Gasteiger charge is 2.26. The summed E-state index contributed by atoms with van der Waals surface area (Å²) in [5, 5.41) is 4.19. The van der Waals surface area contributed by atoms with Gasteiger partial charge in [-0.1, -0.05) is 41.4 Å². The summed E-state index contributed by atoms with van der Waals surface area (Å²) in [5.74, 6) is 0.582. The molecule has 2 rings (SSSR count). The van der Waals surface area contributed by atoms with Gasteiger partial charge >= 0.3 is 0 Å². The fourth-order valence-electron chi connectivity index (χ4n) is 2.89. The van der Waals surface area contributed by atoms with E-state index in [1.165, 1.54) is 0 Å². The molecule has 0 aliphatic heterocycles. The van der Waals surface area contributed by atoms with Crippen molar-refractivity contribution in [3.8, 4) is 0 Å². The van der Waals surface area contributed by atoms with Gasteiger partial charge in [0.2, 0.25) is 11.8 Å². The lowest BCUT2D eigenvalue weighted by molar-refractivity contribution is -0.140. The van der Waals surface area contributed by atoms with Crippen LogP contribution in [0.25, 0.3) is 0 Å². The predicted octanol–water partition coefficient (Wildman–Crippen LogP) is 5.81. The molecular weight excluding hydrogens is 439 g/mol. The van der Waals surface area contributed by atoms with Gasteiger partial charge in [-0.25, -0.2) is 0 Å². The van der Waals surface area contributed by atoms with Gasteiger partial charge in [0.25, 0.3) is 0 Å². The van der Waals surface area contributed by atoms with Crippen LogP contribution in [0, 0.1) is 0 Å². The number of carbonyl (C=O) groups excluding carboxylic acids is 2. The Bertz CT molecular complexity index is 843. The maximum atomic E-state index is 13.0. The number of nitrogens with one attached hydrogen (secondary N) is 1. The Kier molecular flexibility index (Phi) is 10.0. The first-order chi connectivity index (χ1) is 14.3. The summed E-state index contributed by atoms with van der Waals surface area (Å²) in [4.78, 5) is 28.3. The first kappa shape index (κ1) is 24.6. The smallest absolute Gasteiger partial charge is 0.242 e. The van der Waals surface area contributed by atoms with Crippen molar-refractivity contribution >= 4 is 46.8 Å². The summed E-state index contributed by atoms with van der Waals surface area (Å²) in [6.45, 7) is 5.86. The first-order valence-electron chi connectivity index (χ1n) is 9.99. The van der Waals surface area contributed by atoms with E-state index in [0.29, 0.717) is 29.4 Å². The maximum absolute atomic E-state index is 13.0. The molecule has 0 spiro atoms. The molecule has 2 amide bonds. The fourth-order valence-corrected chi connectivity index (χ4v) is 4.06. The topological polar surface area (TPSA) is 49.4 Å². The monoisotopic (exact) mass is 466 g/mol. The highest BCUT2D eigenvalue weighted by atomic mass is 35.5. The highest BCUT2D eigenvalue weighted by molar-refractivity contribution is 7.99. The largest absolute Gasteiger partial charge is 0.352 e. The van der Waals surface area contributed by atoms with Gasteiger partial charge in [-0.2, -0.15) is 0 Å². The van der Waals surface area contributed by atoms with Crippen LogP contribution in [-0.4, -0.2) is 34.6 Å². The van der Waals surface area contributed by atoms with Gasteiger partial charge in [0.1, 0.15) is 6.04 Å². The minimum atomic E-state index is -0.583. The van der Waals surface area contributed by atoms with Crippen LogP contribution in [-0.2, 0) is 16.1 Å². The molecule has 0 saturated heterocycles. The number of hydrogen-bond donors (Lipinski definition) is 1. The summed E-state index contributed by atoms with van der Waals surface area (Å²) in [7, 11) is 0. The van der Waals surface area contributed by atoms with Gasteiger partial charge < -0.3 is 10.2 Å². The van der Waals surface area contributed by atoms with E-state index in [-0.39, 0.29) is 17.9 Å². The van der Waals surface area contributed by atoms with Crippen LogP contribution in [0.2, 0.25) is 10.0 Å². The highest BCUT2D eigenvalue weighted by Crippen LogP contribution is 2.23. The number of carbonyl (C=O) groups is 2. The Morgan fingerprint density at radius 2 is 1.70 bits per heavy atom. The first-order valence-corrected chi connectivity index (χ1v) is 11.7. The maximum Gasteiger partial charge on any atom is 0.242 e. The third kappa shape index (κ3) is 7.86. The van der Waals surface area contributed by atoms with Gasteiger partial charge in [-0.3, -0.25) is 9.59 Å². The molecule has 0 radical (unpaired) electrons. The molecule has 1 N–H and O–H groups in total. The third-order valence-corrected chi connectivity index (χ3v) is 6.23. The summed E-state index contributed by atoms with van der Waals surface area (Å²) in [6.07, 6.45) is 1.08. The number of nitrogens with zero attached hydrogens (tertiary/aromatic N) is 1. The van der Waals surface area contributed by atoms with Gasteiger partial charge in [-0.05, 0) is 68.8 Å². The van der Waals surface area contributed by atoms with Crippen molar-refractivity contribution in [2.45, 2.75) is 57.1 Å². The zero-order valence-corrected chi connectivity index (χ0v) is 19.9. The number of benzene rings is 2. The van der Waals surface area contributed by atoms with Crippen LogP contribution in [0.4, 0.5) is 0 Å². The minimum Gasteiger partial charge on any atom is -0.352 e. The molecule has 2 aromatic carbocycles. The lowest BCUT2D eigenvalue weighted by Gasteiger charge is -2.29. The Morgan fingerprint density at radius 1 is 1.03 bits per heavy atom. The molecule has 1 atom stereocenters. The molecule has 2 aromatic rings. The molecule has 7 heteroatoms. The fraction of sp³-hybridized carbons (Fsp3) is 0.391. The van der Waals surface area contributed by atoms with E-state index in [9.17, 15) is 9.59 Å². The summed E-state index contributed by atoms with van der Waals surface area (Å²) in [6, 6.07) is 14.5. The van der Waals surface area contributed by atoms with E-state index in [2.05, 4.69) is 5.32 Å². The van der Waals surface area contributed by atoms with E-state index in [4.69, 9.17) is 23.2 Å². The van der Waals surface area contributed by atoms with Crippen molar-refractivity contribution in [2.24, 2.45) is 0 Å². The second-order valence-electron chi connectivity index (χ2n) is 7.36. The number of rotatable bonds is 10. The van der Waals surface area contributed by atoms with Crippen molar-refractivity contribution in [1.29, 1.82) is 0 Å². The zero-order valence-electron chi connectivity index (χ0n) is 17.5. The zero-order chi connectivity index (χ0) is 22.1. The molecule has 0 heterocycles. The molecule has 0 fully saturated rings. The van der Waals surface area contributed by atoms with Crippen LogP contribution in [0.15, 0.2) is 53.4 Å².